The summed E-state index contributed by atoms with van der Waals surface area (Å²) >= 11 is 0. The van der Waals surface area contributed by atoms with Crippen molar-refractivity contribution in [2.24, 2.45) is 0 Å². The number of rotatable bonds is 3. The third-order valence-corrected chi connectivity index (χ3v) is 3.22. The molecule has 0 radical (unpaired) electrons. The van der Waals surface area contributed by atoms with Gasteiger partial charge in [-0.05, 0) is 26.0 Å². The van der Waals surface area contributed by atoms with Gasteiger partial charge in [0.25, 0.3) is 0 Å². The van der Waals surface area contributed by atoms with Crippen molar-refractivity contribution in [3.8, 4) is 11.8 Å². The van der Waals surface area contributed by atoms with Crippen LogP contribution in [0, 0.1) is 25.2 Å². The summed E-state index contributed by atoms with van der Waals surface area (Å²) in [5, 5.41) is 16.9. The molecule has 22 heavy (non-hydrogen) atoms. The Morgan fingerprint density at radius 3 is 2.86 bits per heavy atom. The molecule has 3 rings (SSSR count). The van der Waals surface area contributed by atoms with Crippen LogP contribution in [0.15, 0.2) is 24.4 Å². The molecule has 0 fully saturated rings. The lowest BCUT2D eigenvalue weighted by Gasteiger charge is -2.04. The SMILES string of the molecule is COc1ccnc(Nc2nn3c(C)cc(C)nc3c2C#N)c1. The first-order valence-corrected chi connectivity index (χ1v) is 6.66. The molecule has 0 aliphatic rings. The van der Waals surface area contributed by atoms with Crippen LogP contribution >= 0.6 is 0 Å². The summed E-state index contributed by atoms with van der Waals surface area (Å²) in [6, 6.07) is 7.54. The number of aryl methyl sites for hydroxylation is 2. The van der Waals surface area contributed by atoms with Crippen molar-refractivity contribution < 1.29 is 4.74 Å². The van der Waals surface area contributed by atoms with Crippen LogP contribution < -0.4 is 10.1 Å². The van der Waals surface area contributed by atoms with E-state index in [9.17, 15) is 5.26 Å². The normalized spacial score (nSPS) is 10.5. The molecule has 0 unspecified atom stereocenters. The molecule has 0 aliphatic carbocycles. The Hall–Kier alpha value is -3.14. The fourth-order valence-electron chi connectivity index (χ4n) is 2.24. The first-order valence-electron chi connectivity index (χ1n) is 6.66. The molecular formula is C15H14N6O. The van der Waals surface area contributed by atoms with Crippen molar-refractivity contribution in [3.63, 3.8) is 0 Å². The van der Waals surface area contributed by atoms with Gasteiger partial charge in [-0.25, -0.2) is 14.5 Å². The molecule has 1 N–H and O–H groups in total. The zero-order chi connectivity index (χ0) is 15.7. The van der Waals surface area contributed by atoms with Gasteiger partial charge >= 0.3 is 0 Å². The Balaban J connectivity index is 2.11. The van der Waals surface area contributed by atoms with Gasteiger partial charge in [0, 0.05) is 23.7 Å². The second kappa shape index (κ2) is 5.33. The minimum atomic E-state index is 0.386. The van der Waals surface area contributed by atoms with E-state index in [-0.39, 0.29) is 0 Å². The highest BCUT2D eigenvalue weighted by molar-refractivity contribution is 5.71. The maximum absolute atomic E-state index is 9.44. The Kier molecular flexibility index (Phi) is 3.35. The maximum atomic E-state index is 9.44. The maximum Gasteiger partial charge on any atom is 0.175 e. The molecule has 0 aliphatic heterocycles. The van der Waals surface area contributed by atoms with E-state index in [0.717, 1.165) is 11.4 Å². The number of fused-ring (bicyclic) bond motifs is 1. The number of nitrogens with one attached hydrogen (secondary N) is 1. The van der Waals surface area contributed by atoms with Gasteiger partial charge < -0.3 is 10.1 Å². The monoisotopic (exact) mass is 294 g/mol. The summed E-state index contributed by atoms with van der Waals surface area (Å²) in [5.74, 6) is 1.64. The molecule has 0 saturated carbocycles. The molecule has 3 aromatic heterocycles. The fraction of sp³-hybridized carbons (Fsp3) is 0.200. The molecule has 3 aromatic rings. The Morgan fingerprint density at radius 2 is 2.14 bits per heavy atom. The Morgan fingerprint density at radius 1 is 1.32 bits per heavy atom. The Labute approximate surface area is 127 Å². The van der Waals surface area contributed by atoms with Crippen LogP contribution in [0.4, 0.5) is 11.6 Å². The van der Waals surface area contributed by atoms with Gasteiger partial charge in [0.15, 0.2) is 11.5 Å². The highest BCUT2D eigenvalue weighted by Crippen LogP contribution is 2.24. The number of hydrogen-bond acceptors (Lipinski definition) is 6. The average Bonchev–Trinajstić information content (AvgIpc) is 2.85. The lowest BCUT2D eigenvalue weighted by molar-refractivity contribution is 0.414. The molecule has 110 valence electrons. The standard InChI is InChI=1S/C15H14N6O/c1-9-6-10(2)21-15(18-9)12(8-16)14(20-21)19-13-7-11(22-3)4-5-17-13/h4-7H,1-3H3,(H,17,19,20). The van der Waals surface area contributed by atoms with Gasteiger partial charge in [-0.3, -0.25) is 0 Å². The lowest BCUT2D eigenvalue weighted by atomic mass is 10.3. The second-order valence-electron chi connectivity index (χ2n) is 4.82. The number of nitriles is 1. The number of anilines is 2. The lowest BCUT2D eigenvalue weighted by Crippen LogP contribution is -1.98. The molecular weight excluding hydrogens is 280 g/mol. The third kappa shape index (κ3) is 2.31. The van der Waals surface area contributed by atoms with Gasteiger partial charge in [0.05, 0.1) is 7.11 Å². The van der Waals surface area contributed by atoms with Crippen LogP contribution in [0.3, 0.4) is 0 Å². The molecule has 0 saturated heterocycles. The second-order valence-corrected chi connectivity index (χ2v) is 4.82. The van der Waals surface area contributed by atoms with Crippen LogP contribution in [-0.2, 0) is 0 Å². The number of aromatic nitrogens is 4. The Bertz CT molecular complexity index is 893. The van der Waals surface area contributed by atoms with E-state index in [0.29, 0.717) is 28.6 Å². The highest BCUT2D eigenvalue weighted by Gasteiger charge is 2.16. The van der Waals surface area contributed by atoms with Crippen LogP contribution in [0.25, 0.3) is 5.65 Å². The number of pyridine rings is 1. The number of hydrogen-bond donors (Lipinski definition) is 1. The third-order valence-electron chi connectivity index (χ3n) is 3.22. The van der Waals surface area contributed by atoms with E-state index in [1.54, 1.807) is 30.0 Å². The zero-order valence-electron chi connectivity index (χ0n) is 12.5. The van der Waals surface area contributed by atoms with Crippen LogP contribution in [0.1, 0.15) is 17.0 Å². The smallest absolute Gasteiger partial charge is 0.175 e. The van der Waals surface area contributed by atoms with E-state index >= 15 is 0 Å². The minimum absolute atomic E-state index is 0.386. The van der Waals surface area contributed by atoms with Crippen LogP contribution in [-0.4, -0.2) is 26.7 Å². The first-order chi connectivity index (χ1) is 10.6. The summed E-state index contributed by atoms with van der Waals surface area (Å²) in [7, 11) is 1.58. The molecule has 0 bridgehead atoms. The predicted molar refractivity (Wildman–Crippen MR) is 81.2 cm³/mol. The number of nitrogens with zero attached hydrogens (tertiary/aromatic N) is 5. The molecule has 0 amide bonds. The van der Waals surface area contributed by atoms with Crippen molar-refractivity contribution >= 4 is 17.3 Å². The van der Waals surface area contributed by atoms with Crippen molar-refractivity contribution in [1.82, 2.24) is 19.6 Å². The predicted octanol–water partition coefficient (Wildman–Crippen LogP) is 2.37. The van der Waals surface area contributed by atoms with Gasteiger partial charge in [-0.15, -0.1) is 5.10 Å². The van der Waals surface area contributed by atoms with E-state index in [1.807, 2.05) is 19.9 Å². The van der Waals surface area contributed by atoms with Gasteiger partial charge in [0.1, 0.15) is 23.2 Å². The van der Waals surface area contributed by atoms with Gasteiger partial charge in [-0.1, -0.05) is 0 Å². The highest BCUT2D eigenvalue weighted by atomic mass is 16.5. The molecule has 0 atom stereocenters. The quantitative estimate of drug-likeness (QED) is 0.797. The largest absolute Gasteiger partial charge is 0.497 e. The summed E-state index contributed by atoms with van der Waals surface area (Å²) < 4.78 is 6.81. The zero-order valence-corrected chi connectivity index (χ0v) is 12.5. The summed E-state index contributed by atoms with van der Waals surface area (Å²) in [6.07, 6.45) is 1.62. The van der Waals surface area contributed by atoms with E-state index in [2.05, 4.69) is 26.5 Å². The van der Waals surface area contributed by atoms with Crippen molar-refractivity contribution in [1.29, 1.82) is 5.26 Å². The molecule has 7 heteroatoms. The summed E-state index contributed by atoms with van der Waals surface area (Å²) in [6.45, 7) is 3.81. The minimum Gasteiger partial charge on any atom is -0.497 e. The van der Waals surface area contributed by atoms with Crippen molar-refractivity contribution in [2.45, 2.75) is 13.8 Å². The summed E-state index contributed by atoms with van der Waals surface area (Å²) in [4.78, 5) is 8.59. The van der Waals surface area contributed by atoms with Crippen LogP contribution in [0.2, 0.25) is 0 Å². The molecule has 3 heterocycles. The topological polar surface area (TPSA) is 88.1 Å². The number of ether oxygens (including phenoxy) is 1. The molecule has 7 nitrogen and oxygen atoms in total. The molecule has 0 aromatic carbocycles. The number of methoxy groups -OCH3 is 1. The molecule has 0 spiro atoms. The first kappa shape index (κ1) is 13.8. The van der Waals surface area contributed by atoms with E-state index in [1.165, 1.54) is 0 Å². The van der Waals surface area contributed by atoms with Crippen molar-refractivity contribution in [3.05, 3.63) is 41.3 Å². The fourth-order valence-corrected chi connectivity index (χ4v) is 2.24. The van der Waals surface area contributed by atoms with E-state index < -0.39 is 0 Å². The van der Waals surface area contributed by atoms with Crippen LogP contribution in [0.5, 0.6) is 5.75 Å². The van der Waals surface area contributed by atoms with Gasteiger partial charge in [0.2, 0.25) is 0 Å². The average molecular weight is 294 g/mol. The van der Waals surface area contributed by atoms with Gasteiger partial charge in [-0.2, -0.15) is 5.26 Å². The van der Waals surface area contributed by atoms with Crippen molar-refractivity contribution in [2.75, 3.05) is 12.4 Å². The van der Waals surface area contributed by atoms with E-state index in [4.69, 9.17) is 4.74 Å². The summed E-state index contributed by atoms with van der Waals surface area (Å²) in [5.41, 5.74) is 2.67.